The Morgan fingerprint density at radius 3 is 2.43 bits per heavy atom. The minimum absolute atomic E-state index is 0.00725. The Bertz CT molecular complexity index is 1530. The molecular weight excluding hydrogens is 657 g/mol. The molecule has 2 aromatic rings. The molecule has 2 atom stereocenters. The van der Waals surface area contributed by atoms with Gasteiger partial charge in [0.15, 0.2) is 0 Å². The molecule has 12 nitrogen and oxygen atoms in total. The highest BCUT2D eigenvalue weighted by Gasteiger charge is 2.48. The van der Waals surface area contributed by atoms with Crippen LogP contribution >= 0.6 is 11.6 Å². The van der Waals surface area contributed by atoms with Crippen molar-refractivity contribution in [3.63, 3.8) is 0 Å². The number of alkyl halides is 2. The van der Waals surface area contributed by atoms with Crippen LogP contribution in [0.2, 0.25) is 5.02 Å². The first-order valence-electron chi connectivity index (χ1n) is 14.4. The summed E-state index contributed by atoms with van der Waals surface area (Å²) >= 11 is 6.45. The lowest BCUT2D eigenvalue weighted by atomic mass is 9.87. The van der Waals surface area contributed by atoms with Gasteiger partial charge in [-0.05, 0) is 30.7 Å². The average Bonchev–Trinajstić information content (AvgIpc) is 3.42. The SMILES string of the molecule is O=C1CC[C@@H](C(=O)N(c2cc(F)cc(S(=O)(=O)NCCOCCOCCO)c2)C(C(=O)NC2CC(F)(F)C2)c2ccccc2Cl)N1. The number of hydrogen-bond donors (Lipinski definition) is 4. The molecule has 0 radical (unpaired) electrons. The van der Waals surface area contributed by atoms with E-state index in [-0.39, 0.29) is 68.7 Å². The Kier molecular flexibility index (Phi) is 12.0. The van der Waals surface area contributed by atoms with Crippen molar-refractivity contribution in [1.82, 2.24) is 15.4 Å². The van der Waals surface area contributed by atoms with E-state index in [4.69, 9.17) is 26.2 Å². The third kappa shape index (κ3) is 9.17. The molecule has 0 spiro atoms. The fourth-order valence-corrected chi connectivity index (χ4v) is 6.37. The van der Waals surface area contributed by atoms with Crippen molar-refractivity contribution in [2.45, 2.75) is 54.6 Å². The molecule has 2 aromatic carbocycles. The van der Waals surface area contributed by atoms with Gasteiger partial charge in [0, 0.05) is 48.1 Å². The van der Waals surface area contributed by atoms with Crippen molar-refractivity contribution in [2.24, 2.45) is 0 Å². The van der Waals surface area contributed by atoms with Crippen LogP contribution in [-0.4, -0.2) is 88.8 Å². The van der Waals surface area contributed by atoms with Crippen LogP contribution in [0.5, 0.6) is 0 Å². The zero-order valence-electron chi connectivity index (χ0n) is 24.5. The fourth-order valence-electron chi connectivity index (χ4n) is 5.07. The molecule has 2 aliphatic rings. The van der Waals surface area contributed by atoms with Gasteiger partial charge in [-0.2, -0.15) is 0 Å². The van der Waals surface area contributed by atoms with E-state index < -0.39 is 75.3 Å². The zero-order valence-corrected chi connectivity index (χ0v) is 26.1. The monoisotopic (exact) mass is 690 g/mol. The van der Waals surface area contributed by atoms with E-state index in [2.05, 4.69) is 15.4 Å². The van der Waals surface area contributed by atoms with Gasteiger partial charge in [-0.3, -0.25) is 19.3 Å². The predicted octanol–water partition coefficient (Wildman–Crippen LogP) is 2.05. The highest BCUT2D eigenvalue weighted by Crippen LogP contribution is 2.39. The maximum Gasteiger partial charge on any atom is 0.252 e. The second kappa shape index (κ2) is 15.5. The van der Waals surface area contributed by atoms with Crippen LogP contribution in [0.1, 0.15) is 37.3 Å². The second-order valence-corrected chi connectivity index (χ2v) is 12.9. The molecule has 2 fully saturated rings. The summed E-state index contributed by atoms with van der Waals surface area (Å²) in [5, 5.41) is 13.7. The normalized spacial score (nSPS) is 18.5. The summed E-state index contributed by atoms with van der Waals surface area (Å²) in [6, 6.07) is 4.73. The topological polar surface area (TPSA) is 163 Å². The smallest absolute Gasteiger partial charge is 0.252 e. The highest BCUT2D eigenvalue weighted by atomic mass is 35.5. The number of hydrogen-bond acceptors (Lipinski definition) is 8. The average molecular weight is 691 g/mol. The van der Waals surface area contributed by atoms with Crippen molar-refractivity contribution in [1.29, 1.82) is 0 Å². The maximum atomic E-state index is 15.2. The van der Waals surface area contributed by atoms with Crippen LogP contribution < -0.4 is 20.3 Å². The minimum Gasteiger partial charge on any atom is -0.394 e. The van der Waals surface area contributed by atoms with E-state index in [0.29, 0.717) is 0 Å². The van der Waals surface area contributed by atoms with Crippen molar-refractivity contribution in [2.75, 3.05) is 44.5 Å². The number of carbonyl (C=O) groups is 3. The number of carbonyl (C=O) groups excluding carboxylic acids is 3. The summed E-state index contributed by atoms with van der Waals surface area (Å²) in [6.45, 7) is 0.00329. The number of nitrogens with zero attached hydrogens (tertiary/aromatic N) is 1. The molecule has 4 rings (SSSR count). The number of benzene rings is 2. The number of sulfonamides is 1. The van der Waals surface area contributed by atoms with Crippen molar-refractivity contribution >= 4 is 45.0 Å². The summed E-state index contributed by atoms with van der Waals surface area (Å²) in [7, 11) is -4.39. The van der Waals surface area contributed by atoms with E-state index in [1.54, 1.807) is 6.07 Å². The van der Waals surface area contributed by atoms with Crippen LogP contribution in [0.25, 0.3) is 0 Å². The Balaban J connectivity index is 1.68. The number of amides is 3. The number of anilines is 1. The molecule has 4 N–H and O–H groups in total. The zero-order chi connectivity index (χ0) is 33.5. The largest absolute Gasteiger partial charge is 0.394 e. The molecule has 0 bridgehead atoms. The minimum atomic E-state index is -4.39. The quantitative estimate of drug-likeness (QED) is 0.195. The Labute approximate surface area is 268 Å². The number of aliphatic hydroxyl groups is 1. The first kappa shape index (κ1) is 35.6. The molecule has 1 saturated heterocycles. The molecule has 1 unspecified atom stereocenters. The van der Waals surface area contributed by atoms with Crippen LogP contribution in [0.15, 0.2) is 47.4 Å². The van der Waals surface area contributed by atoms with Crippen molar-refractivity contribution < 1.29 is 50.6 Å². The Hall–Kier alpha value is -3.28. The first-order chi connectivity index (χ1) is 21.8. The van der Waals surface area contributed by atoms with Gasteiger partial charge in [0.2, 0.25) is 21.8 Å². The molecule has 17 heteroatoms. The number of halogens is 4. The number of nitrogens with one attached hydrogen (secondary N) is 3. The van der Waals surface area contributed by atoms with E-state index in [0.717, 1.165) is 23.1 Å². The van der Waals surface area contributed by atoms with Gasteiger partial charge < -0.3 is 25.2 Å². The summed E-state index contributed by atoms with van der Waals surface area (Å²) in [4.78, 5) is 40.1. The van der Waals surface area contributed by atoms with Gasteiger partial charge >= 0.3 is 0 Å². The Morgan fingerprint density at radius 2 is 1.80 bits per heavy atom. The van der Waals surface area contributed by atoms with Gasteiger partial charge in [0.25, 0.3) is 11.8 Å². The first-order valence-corrected chi connectivity index (χ1v) is 16.3. The number of rotatable bonds is 16. The third-order valence-electron chi connectivity index (χ3n) is 7.26. The summed E-state index contributed by atoms with van der Waals surface area (Å²) in [5.41, 5.74) is -0.305. The summed E-state index contributed by atoms with van der Waals surface area (Å²) in [5.74, 6) is -6.27. The molecule has 252 valence electrons. The lowest BCUT2D eigenvalue weighted by Gasteiger charge is -2.38. The molecule has 1 saturated carbocycles. The molecule has 1 heterocycles. The maximum absolute atomic E-state index is 15.2. The van der Waals surface area contributed by atoms with Gasteiger partial charge in [-0.25, -0.2) is 26.3 Å². The molecule has 0 aromatic heterocycles. The van der Waals surface area contributed by atoms with Crippen LogP contribution in [-0.2, 0) is 33.9 Å². The van der Waals surface area contributed by atoms with Gasteiger partial charge in [0.05, 0.1) is 37.9 Å². The van der Waals surface area contributed by atoms with Crippen LogP contribution in [0.4, 0.5) is 18.9 Å². The summed E-state index contributed by atoms with van der Waals surface area (Å²) in [6.07, 6.45) is -1.23. The molecule has 46 heavy (non-hydrogen) atoms. The Morgan fingerprint density at radius 1 is 1.11 bits per heavy atom. The number of aliphatic hydroxyl groups excluding tert-OH is 1. The van der Waals surface area contributed by atoms with Gasteiger partial charge in [-0.1, -0.05) is 29.8 Å². The van der Waals surface area contributed by atoms with E-state index >= 15 is 4.39 Å². The van der Waals surface area contributed by atoms with Crippen molar-refractivity contribution in [3.8, 4) is 0 Å². The lowest BCUT2D eigenvalue weighted by molar-refractivity contribution is -0.133. The predicted molar refractivity (Wildman–Crippen MR) is 159 cm³/mol. The molecule has 3 amide bonds. The van der Waals surface area contributed by atoms with E-state index in [1.165, 1.54) is 18.2 Å². The number of ether oxygens (including phenoxy) is 2. The molecular formula is C29H34ClF3N4O8S. The molecule has 1 aliphatic carbocycles. The second-order valence-electron chi connectivity index (χ2n) is 10.8. The highest BCUT2D eigenvalue weighted by molar-refractivity contribution is 7.89. The fraction of sp³-hybridized carbons (Fsp3) is 0.483. The van der Waals surface area contributed by atoms with Crippen LogP contribution in [0, 0.1) is 5.82 Å². The van der Waals surface area contributed by atoms with Crippen LogP contribution in [0.3, 0.4) is 0 Å². The van der Waals surface area contributed by atoms with E-state index in [1.807, 2.05) is 0 Å². The third-order valence-corrected chi connectivity index (χ3v) is 9.05. The van der Waals surface area contributed by atoms with Crippen molar-refractivity contribution in [3.05, 3.63) is 58.9 Å². The lowest BCUT2D eigenvalue weighted by Crippen LogP contribution is -2.55. The van der Waals surface area contributed by atoms with Gasteiger partial charge in [-0.15, -0.1) is 0 Å². The molecule has 1 aliphatic heterocycles. The summed E-state index contributed by atoms with van der Waals surface area (Å²) < 4.78 is 81.3. The standard InChI is InChI=1S/C29H34ClF3N4O8S/c30-23-4-2-1-3-22(23)26(27(40)35-19-16-29(32,33)17-19)37(28(41)24-5-6-25(39)36-24)20-13-18(31)14-21(15-20)46(42,43)34-7-9-44-11-12-45-10-8-38/h1-4,13-15,19,24,26,34,38H,5-12,16-17H2,(H,35,40)(H,36,39)/t24-,26?/m0/s1. The van der Waals surface area contributed by atoms with Gasteiger partial charge in [0.1, 0.15) is 17.9 Å². The van der Waals surface area contributed by atoms with E-state index in [9.17, 15) is 31.6 Å².